The smallest absolute Gasteiger partial charge is 0.339 e. The predicted molar refractivity (Wildman–Crippen MR) is 219 cm³/mol. The van der Waals surface area contributed by atoms with Gasteiger partial charge in [0, 0.05) is 61.2 Å². The highest BCUT2D eigenvalue weighted by Crippen LogP contribution is 2.85. The van der Waals surface area contributed by atoms with Gasteiger partial charge >= 0.3 is 11.9 Å². The second kappa shape index (κ2) is 13.5. The molecule has 5 fully saturated rings. The molecule has 9 aliphatic heterocycles. The minimum absolute atomic E-state index is 0.174. The quantitative estimate of drug-likeness (QED) is 0.209. The number of allylic oxidation sites excluding steroid dienone is 2. The van der Waals surface area contributed by atoms with Gasteiger partial charge in [0.15, 0.2) is 11.4 Å². The van der Waals surface area contributed by atoms with Crippen LogP contribution in [0.1, 0.15) is 144 Å². The number of esters is 2. The van der Waals surface area contributed by atoms with E-state index in [1.165, 1.54) is 63.4 Å². The second-order valence-electron chi connectivity index (χ2n) is 20.6. The molecule has 14 rings (SSSR count). The van der Waals surface area contributed by atoms with Crippen LogP contribution in [0.15, 0.2) is 52.6 Å². The second-order valence-corrected chi connectivity index (χ2v) is 20.6. The van der Waals surface area contributed by atoms with E-state index in [1.807, 2.05) is 6.07 Å². The molecular formula is C49H65N3O5. The van der Waals surface area contributed by atoms with Crippen LogP contribution in [0, 0.1) is 46.3 Å². The maximum Gasteiger partial charge on any atom is 0.339 e. The molecule has 10 bridgehead atoms. The van der Waals surface area contributed by atoms with E-state index < -0.39 is 16.4 Å². The van der Waals surface area contributed by atoms with E-state index in [0.29, 0.717) is 66.8 Å². The number of carbonyl (C=O) groups is 2. The minimum atomic E-state index is -1.10. The summed E-state index contributed by atoms with van der Waals surface area (Å²) in [6.07, 6.45) is 20.9. The molecule has 0 amide bonds. The molecule has 3 N–H and O–H groups in total. The van der Waals surface area contributed by atoms with Gasteiger partial charge in [0.25, 0.3) is 0 Å². The zero-order valence-corrected chi connectivity index (χ0v) is 34.5. The van der Waals surface area contributed by atoms with E-state index in [2.05, 4.69) is 41.9 Å². The number of piperidine rings is 2. The fraction of sp³-hybridized carbons (Fsp3) is 0.714. The summed E-state index contributed by atoms with van der Waals surface area (Å²) in [7, 11) is 0. The lowest BCUT2D eigenvalue weighted by Gasteiger charge is -2.69. The number of nitrogens with zero attached hydrogens (tertiary/aromatic N) is 2. The van der Waals surface area contributed by atoms with Crippen LogP contribution in [0.5, 0.6) is 0 Å². The first-order valence-corrected chi connectivity index (χ1v) is 23.4. The van der Waals surface area contributed by atoms with Crippen molar-refractivity contribution in [2.45, 2.75) is 147 Å². The first kappa shape index (κ1) is 36.9. The number of rotatable bonds is 7. The van der Waals surface area contributed by atoms with E-state index in [1.54, 1.807) is 11.3 Å². The van der Waals surface area contributed by atoms with Gasteiger partial charge < -0.3 is 25.2 Å². The Morgan fingerprint density at radius 3 is 2.70 bits per heavy atom. The van der Waals surface area contributed by atoms with Crippen molar-refractivity contribution in [2.24, 2.45) is 52.1 Å². The maximum atomic E-state index is 15.3. The Kier molecular flexibility index (Phi) is 8.72. The summed E-state index contributed by atoms with van der Waals surface area (Å²) >= 11 is 0. The summed E-state index contributed by atoms with van der Waals surface area (Å²) in [6, 6.07) is 6.95. The van der Waals surface area contributed by atoms with Crippen molar-refractivity contribution in [3.8, 4) is 0 Å². The molecule has 306 valence electrons. The fourth-order valence-electron chi connectivity index (χ4n) is 15.8. The third kappa shape index (κ3) is 4.92. The van der Waals surface area contributed by atoms with Crippen molar-refractivity contribution in [2.75, 3.05) is 26.2 Å². The van der Waals surface area contributed by atoms with Crippen LogP contribution in [0.2, 0.25) is 0 Å². The first-order chi connectivity index (χ1) is 27.7. The average Bonchev–Trinajstić information content (AvgIpc) is 3.67. The number of aryl methyl sites for hydroxylation is 1. The van der Waals surface area contributed by atoms with Crippen molar-refractivity contribution in [1.82, 2.24) is 9.80 Å². The lowest BCUT2D eigenvalue weighted by atomic mass is 9.31. The number of aliphatic hydroxyl groups excluding tert-OH is 1. The molecule has 1 aromatic rings. The Hall–Kier alpha value is -3.10. The van der Waals surface area contributed by atoms with Crippen LogP contribution in [0.25, 0.3) is 0 Å². The van der Waals surface area contributed by atoms with Gasteiger partial charge in [-0.3, -0.25) is 9.69 Å². The molecule has 1 unspecified atom stereocenters. The third-order valence-corrected chi connectivity index (χ3v) is 17.7. The summed E-state index contributed by atoms with van der Waals surface area (Å²) in [4.78, 5) is 35.5. The predicted octanol–water partition coefficient (Wildman–Crippen LogP) is 8.85. The van der Waals surface area contributed by atoms with Crippen LogP contribution in [0.4, 0.5) is 0 Å². The van der Waals surface area contributed by atoms with E-state index in [4.69, 9.17) is 15.2 Å². The van der Waals surface area contributed by atoms with Gasteiger partial charge in [-0.25, -0.2) is 4.79 Å². The molecule has 13 aliphatic rings. The molecule has 0 radical (unpaired) electrons. The lowest BCUT2D eigenvalue weighted by molar-refractivity contribution is -0.272. The average molecular weight is 776 g/mol. The van der Waals surface area contributed by atoms with Gasteiger partial charge in [-0.05, 0) is 106 Å². The molecule has 8 nitrogen and oxygen atoms in total. The monoisotopic (exact) mass is 775 g/mol. The number of hydrogen-bond donors (Lipinski definition) is 2. The molecular weight excluding hydrogens is 711 g/mol. The number of hydrogen-bond acceptors (Lipinski definition) is 8. The van der Waals surface area contributed by atoms with Crippen molar-refractivity contribution in [1.29, 1.82) is 0 Å². The molecule has 4 aliphatic carbocycles. The standard InChI is InChI=1S/C49H65N3O5/c1-3-9-41-47-25-34-17-18-48(47,49(41)38-14-7-12-32(13-8-19-50)42(38)45(54)57-49)44(56-46(47)55)40(53)24-36(23-30-10-5-4-6-11-30)51-26-31-22-35(28-51)39-16-15-33-20-29(2)21-37(34)43(33)52(39)27-31/h7,12,14,25,29-31,35-37,39,41,53H,3-6,8-11,13,15-24,26-28,50H2,1-2H3/b44-40+/t29-,31-,35+,36-,37+,39+,41+,47+,48-,49-/m1/s1. The normalized spacial score (nSPS) is 43.0. The zero-order chi connectivity index (χ0) is 38.8. The number of carbonyl (C=O) groups excluding carboxylic acids is 2. The molecule has 57 heavy (non-hydrogen) atoms. The van der Waals surface area contributed by atoms with Gasteiger partial charge in [-0.1, -0.05) is 87.8 Å². The van der Waals surface area contributed by atoms with Crippen molar-refractivity contribution < 1.29 is 24.2 Å². The van der Waals surface area contributed by atoms with Crippen LogP contribution >= 0.6 is 0 Å². The highest BCUT2D eigenvalue weighted by atomic mass is 16.6. The molecule has 2 spiro atoms. The van der Waals surface area contributed by atoms with Crippen molar-refractivity contribution in [3.63, 3.8) is 0 Å². The number of aliphatic hydroxyl groups is 1. The Morgan fingerprint density at radius 2 is 1.88 bits per heavy atom. The number of fused-ring (bicyclic) bond motifs is 2. The Labute approximate surface area is 339 Å². The molecule has 1 aromatic carbocycles. The minimum Gasteiger partial charge on any atom is -0.509 e. The van der Waals surface area contributed by atoms with E-state index in [9.17, 15) is 9.90 Å². The van der Waals surface area contributed by atoms with Gasteiger partial charge in [-0.2, -0.15) is 0 Å². The summed E-state index contributed by atoms with van der Waals surface area (Å²) in [5.41, 5.74) is 10.1. The number of benzene rings is 1. The summed E-state index contributed by atoms with van der Waals surface area (Å²) in [6.45, 7) is 8.45. The third-order valence-electron chi connectivity index (χ3n) is 17.7. The molecule has 8 heteroatoms. The van der Waals surface area contributed by atoms with Crippen molar-refractivity contribution >= 4 is 11.9 Å². The lowest BCUT2D eigenvalue weighted by Crippen LogP contribution is -2.75. The van der Waals surface area contributed by atoms with Gasteiger partial charge in [-0.15, -0.1) is 0 Å². The Morgan fingerprint density at radius 1 is 1.02 bits per heavy atom. The summed E-state index contributed by atoms with van der Waals surface area (Å²) in [5, 5.41) is 12.9. The number of nitrogens with two attached hydrogens (primary N) is 1. The molecule has 3 saturated heterocycles. The van der Waals surface area contributed by atoms with Gasteiger partial charge in [0.2, 0.25) is 0 Å². The van der Waals surface area contributed by atoms with Gasteiger partial charge in [0.1, 0.15) is 11.2 Å². The van der Waals surface area contributed by atoms with Gasteiger partial charge in [0.05, 0.1) is 11.0 Å². The van der Waals surface area contributed by atoms with Crippen LogP contribution in [0.3, 0.4) is 0 Å². The van der Waals surface area contributed by atoms with E-state index >= 15 is 4.79 Å². The molecule has 9 heterocycles. The molecule has 2 saturated carbocycles. The molecule has 11 atom stereocenters. The van der Waals surface area contributed by atoms with Crippen LogP contribution in [-0.4, -0.2) is 65.1 Å². The van der Waals surface area contributed by atoms with Crippen LogP contribution < -0.4 is 5.73 Å². The Bertz CT molecular complexity index is 1960. The zero-order valence-electron chi connectivity index (χ0n) is 34.5. The number of ether oxygens (including phenoxy) is 2. The molecule has 0 aromatic heterocycles. The summed E-state index contributed by atoms with van der Waals surface area (Å²) in [5.74, 6) is 2.58. The maximum absolute atomic E-state index is 15.3. The Balaban J connectivity index is 1.14. The van der Waals surface area contributed by atoms with Crippen molar-refractivity contribution in [3.05, 3.63) is 69.3 Å². The van der Waals surface area contributed by atoms with E-state index in [0.717, 1.165) is 69.3 Å². The largest absolute Gasteiger partial charge is 0.509 e. The summed E-state index contributed by atoms with van der Waals surface area (Å²) < 4.78 is 13.7. The highest BCUT2D eigenvalue weighted by molar-refractivity contribution is 5.99. The first-order valence-electron chi connectivity index (χ1n) is 23.4. The SMILES string of the molecule is CCC[C@@H]1[C@@]2(OC(=O)c3c(CCCN)cccc32)[C@@]23CCC4=C[C@@]12C(=O)O/C3=C(/O)C[C@@H](CC1CCCCC1)N1C[C@H]2C[C@@H](C1)[C@@H]1CCC3=C([C@H]4C[C@H](C)C3)N1C2. The van der Waals surface area contributed by atoms with Crippen LogP contribution in [-0.2, 0) is 26.3 Å². The fourth-order valence-corrected chi connectivity index (χ4v) is 15.8. The highest BCUT2D eigenvalue weighted by Gasteiger charge is 2.91. The van der Waals surface area contributed by atoms with E-state index in [-0.39, 0.29) is 35.6 Å². The topological polar surface area (TPSA) is 105 Å².